The minimum atomic E-state index is -3.40. The first-order valence-corrected chi connectivity index (χ1v) is 12.7. The molecule has 0 spiro atoms. The zero-order valence-electron chi connectivity index (χ0n) is 19.0. The van der Waals surface area contributed by atoms with Gasteiger partial charge in [0.2, 0.25) is 0 Å². The van der Waals surface area contributed by atoms with Crippen LogP contribution >= 0.6 is 0 Å². The average molecular weight is 468 g/mol. The Morgan fingerprint density at radius 2 is 1.64 bits per heavy atom. The summed E-state index contributed by atoms with van der Waals surface area (Å²) in [7, 11) is -0.264. The molecule has 2 aliphatic heterocycles. The maximum atomic E-state index is 12.5. The summed E-state index contributed by atoms with van der Waals surface area (Å²) < 4.78 is 40.3. The fraction of sp³-hybridized carbons (Fsp3) is 0.400. The van der Waals surface area contributed by atoms with Crippen LogP contribution in [0.4, 0.5) is 0 Å². The smallest absolute Gasteiger partial charge is 0.281 e. The summed E-state index contributed by atoms with van der Waals surface area (Å²) in [6.45, 7) is 2.00. The average Bonchev–Trinajstić information content (AvgIpc) is 3.35. The molecule has 0 atom stereocenters. The quantitative estimate of drug-likeness (QED) is 0.573. The largest absolute Gasteiger partial charge is 0.343 e. The fourth-order valence-electron chi connectivity index (χ4n) is 4.91. The zero-order valence-corrected chi connectivity index (χ0v) is 19.8. The molecule has 7 nitrogen and oxygen atoms in total. The Morgan fingerprint density at radius 3 is 2.30 bits per heavy atom. The molecule has 2 aliphatic rings. The molecule has 2 aromatic carbocycles. The van der Waals surface area contributed by atoms with Crippen molar-refractivity contribution in [2.45, 2.75) is 18.6 Å². The Hall–Kier alpha value is -2.36. The maximum absolute atomic E-state index is 12.5. The van der Waals surface area contributed by atoms with Crippen molar-refractivity contribution in [3.05, 3.63) is 66.4 Å². The third kappa shape index (κ3) is 4.06. The lowest BCUT2D eigenvalue weighted by Crippen LogP contribution is -2.48. The molecule has 2 fully saturated rings. The summed E-state index contributed by atoms with van der Waals surface area (Å²) in [5.74, 6) is -0.731. The van der Waals surface area contributed by atoms with Crippen molar-refractivity contribution < 1.29 is 17.9 Å². The van der Waals surface area contributed by atoms with E-state index in [1.54, 1.807) is 24.6 Å². The van der Waals surface area contributed by atoms with E-state index >= 15 is 0 Å². The van der Waals surface area contributed by atoms with Crippen LogP contribution < -0.4 is 0 Å². The highest BCUT2D eigenvalue weighted by molar-refractivity contribution is 7.86. The van der Waals surface area contributed by atoms with Gasteiger partial charge in [-0.2, -0.15) is 17.0 Å². The SMILES string of the molecule is CN(C)S(=O)(=O)N1CCC(C2(c3ccc(-c4ccc5ncccc5c4)cc3)OCCO2)CC1. The van der Waals surface area contributed by atoms with Crippen LogP contribution in [0.1, 0.15) is 18.4 Å². The van der Waals surface area contributed by atoms with Crippen molar-refractivity contribution in [1.29, 1.82) is 0 Å². The molecular weight excluding hydrogens is 438 g/mol. The minimum absolute atomic E-state index is 0.0891. The summed E-state index contributed by atoms with van der Waals surface area (Å²) in [5, 5.41) is 1.11. The van der Waals surface area contributed by atoms with E-state index in [0.717, 1.165) is 27.6 Å². The van der Waals surface area contributed by atoms with Crippen molar-refractivity contribution in [3.8, 4) is 11.1 Å². The predicted octanol–water partition coefficient (Wildman–Crippen LogP) is 3.62. The lowest BCUT2D eigenvalue weighted by molar-refractivity contribution is -0.212. The molecular formula is C25H29N3O4S. The van der Waals surface area contributed by atoms with Crippen LogP contribution in [-0.4, -0.2) is 62.4 Å². The highest BCUT2D eigenvalue weighted by atomic mass is 32.2. The van der Waals surface area contributed by atoms with Gasteiger partial charge in [-0.25, -0.2) is 0 Å². The molecule has 33 heavy (non-hydrogen) atoms. The third-order valence-electron chi connectivity index (χ3n) is 6.72. The number of benzene rings is 2. The van der Waals surface area contributed by atoms with E-state index in [2.05, 4.69) is 47.4 Å². The van der Waals surface area contributed by atoms with Crippen molar-refractivity contribution in [3.63, 3.8) is 0 Å². The van der Waals surface area contributed by atoms with Crippen molar-refractivity contribution in [2.75, 3.05) is 40.4 Å². The number of piperidine rings is 1. The third-order valence-corrected chi connectivity index (χ3v) is 8.66. The molecule has 0 N–H and O–H groups in total. The van der Waals surface area contributed by atoms with E-state index in [1.807, 2.05) is 12.1 Å². The van der Waals surface area contributed by atoms with Gasteiger partial charge in [-0.15, -0.1) is 0 Å². The van der Waals surface area contributed by atoms with Gasteiger partial charge >= 0.3 is 0 Å². The molecule has 3 aromatic rings. The van der Waals surface area contributed by atoms with Gasteiger partial charge in [0.05, 0.1) is 18.7 Å². The van der Waals surface area contributed by atoms with E-state index < -0.39 is 16.0 Å². The molecule has 1 aromatic heterocycles. The second kappa shape index (κ2) is 8.77. The highest BCUT2D eigenvalue weighted by Gasteiger charge is 2.48. The zero-order chi connectivity index (χ0) is 23.1. The second-order valence-corrected chi connectivity index (χ2v) is 11.0. The van der Waals surface area contributed by atoms with E-state index in [0.29, 0.717) is 39.1 Å². The van der Waals surface area contributed by atoms with Crippen LogP contribution in [0.2, 0.25) is 0 Å². The van der Waals surface area contributed by atoms with Gasteiger partial charge in [0.1, 0.15) is 0 Å². The number of nitrogens with zero attached hydrogens (tertiary/aromatic N) is 3. The van der Waals surface area contributed by atoms with E-state index in [-0.39, 0.29) is 5.92 Å². The Kier molecular flexibility index (Phi) is 5.96. The highest BCUT2D eigenvalue weighted by Crippen LogP contribution is 2.44. The summed E-state index contributed by atoms with van der Waals surface area (Å²) in [6, 6.07) is 18.7. The minimum Gasteiger partial charge on any atom is -0.343 e. The summed E-state index contributed by atoms with van der Waals surface area (Å²) in [6.07, 6.45) is 3.18. The lowest BCUT2D eigenvalue weighted by Gasteiger charge is -2.41. The fourth-order valence-corrected chi connectivity index (χ4v) is 6.05. The first kappa shape index (κ1) is 22.4. The van der Waals surface area contributed by atoms with Gasteiger partial charge < -0.3 is 9.47 Å². The van der Waals surface area contributed by atoms with Gasteiger partial charge in [0, 0.05) is 50.2 Å². The molecule has 8 heteroatoms. The van der Waals surface area contributed by atoms with Gasteiger partial charge in [0.25, 0.3) is 10.2 Å². The molecule has 0 amide bonds. The van der Waals surface area contributed by atoms with E-state index in [1.165, 1.54) is 4.31 Å². The first-order valence-electron chi connectivity index (χ1n) is 11.3. The first-order chi connectivity index (χ1) is 15.9. The van der Waals surface area contributed by atoms with Gasteiger partial charge in [-0.05, 0) is 42.2 Å². The summed E-state index contributed by atoms with van der Waals surface area (Å²) in [4.78, 5) is 4.40. The standard InChI is InChI=1S/C25H29N3O4S/c1-27(2)33(29,30)28-14-11-23(12-15-28)25(31-16-17-32-25)22-8-5-19(6-9-22)20-7-10-24-21(18-20)4-3-13-26-24/h3-10,13,18,23H,11-12,14-17H2,1-2H3. The van der Waals surface area contributed by atoms with Crippen LogP contribution in [0.5, 0.6) is 0 Å². The number of rotatable bonds is 5. The van der Waals surface area contributed by atoms with Gasteiger partial charge in [-0.3, -0.25) is 4.98 Å². The molecule has 0 aliphatic carbocycles. The summed E-state index contributed by atoms with van der Waals surface area (Å²) in [5.41, 5.74) is 4.21. The van der Waals surface area contributed by atoms with Crippen LogP contribution in [-0.2, 0) is 25.5 Å². The molecule has 0 unspecified atom stereocenters. The van der Waals surface area contributed by atoms with Crippen molar-refractivity contribution in [2.24, 2.45) is 5.92 Å². The Bertz CT molecular complexity index is 1230. The molecule has 0 saturated carbocycles. The normalized spacial score (nSPS) is 20.0. The number of fused-ring (bicyclic) bond motifs is 1. The molecule has 2 saturated heterocycles. The number of aromatic nitrogens is 1. The van der Waals surface area contributed by atoms with E-state index in [4.69, 9.17) is 9.47 Å². The molecule has 5 rings (SSSR count). The van der Waals surface area contributed by atoms with Crippen molar-refractivity contribution in [1.82, 2.24) is 13.6 Å². The number of hydrogen-bond donors (Lipinski definition) is 0. The van der Waals surface area contributed by atoms with Crippen LogP contribution in [0, 0.1) is 5.92 Å². The Labute approximate surface area is 195 Å². The Balaban J connectivity index is 1.38. The monoisotopic (exact) mass is 467 g/mol. The van der Waals surface area contributed by atoms with Gasteiger partial charge in [-0.1, -0.05) is 36.4 Å². The van der Waals surface area contributed by atoms with E-state index in [9.17, 15) is 8.42 Å². The second-order valence-electron chi connectivity index (χ2n) is 8.82. The Morgan fingerprint density at radius 1 is 0.970 bits per heavy atom. The number of ether oxygens (including phenoxy) is 2. The number of pyridine rings is 1. The maximum Gasteiger partial charge on any atom is 0.281 e. The number of hydrogen-bond acceptors (Lipinski definition) is 5. The lowest BCUT2D eigenvalue weighted by atomic mass is 9.84. The predicted molar refractivity (Wildman–Crippen MR) is 128 cm³/mol. The van der Waals surface area contributed by atoms with Crippen LogP contribution in [0.15, 0.2) is 60.8 Å². The van der Waals surface area contributed by atoms with Crippen LogP contribution in [0.25, 0.3) is 22.0 Å². The van der Waals surface area contributed by atoms with Crippen LogP contribution in [0.3, 0.4) is 0 Å². The summed E-state index contributed by atoms with van der Waals surface area (Å²) >= 11 is 0. The molecule has 174 valence electrons. The topological polar surface area (TPSA) is 72.0 Å². The van der Waals surface area contributed by atoms with Crippen molar-refractivity contribution >= 4 is 21.1 Å². The molecule has 0 bridgehead atoms. The molecule has 0 radical (unpaired) electrons. The molecule has 3 heterocycles. The van der Waals surface area contributed by atoms with Gasteiger partial charge in [0.15, 0.2) is 5.79 Å².